The van der Waals surface area contributed by atoms with E-state index in [1.807, 2.05) is 11.6 Å². The number of fused-ring (bicyclic) bond motifs is 1. The van der Waals surface area contributed by atoms with Gasteiger partial charge in [0.1, 0.15) is 5.01 Å². The molecule has 2 atom stereocenters. The number of thiazole rings is 1. The molecule has 1 amide bonds. The molecular formula is C24H23F3N6O2S. The van der Waals surface area contributed by atoms with E-state index in [1.54, 1.807) is 31.5 Å². The van der Waals surface area contributed by atoms with E-state index in [9.17, 15) is 18.0 Å². The second-order valence-corrected chi connectivity index (χ2v) is 9.96. The van der Waals surface area contributed by atoms with Crippen LogP contribution < -0.4 is 5.32 Å². The lowest BCUT2D eigenvalue weighted by Gasteiger charge is -2.16. The molecule has 0 radical (unpaired) electrons. The van der Waals surface area contributed by atoms with Crippen LogP contribution in [-0.2, 0) is 17.5 Å². The molecule has 0 saturated carbocycles. The minimum Gasteiger partial charge on any atom is -0.376 e. The summed E-state index contributed by atoms with van der Waals surface area (Å²) in [5.41, 5.74) is 2.32. The highest BCUT2D eigenvalue weighted by molar-refractivity contribution is 7.15. The lowest BCUT2D eigenvalue weighted by molar-refractivity contribution is -0.145. The summed E-state index contributed by atoms with van der Waals surface area (Å²) in [6.45, 7) is 4.93. The lowest BCUT2D eigenvalue weighted by atomic mass is 10.0. The number of carbonyl (C=O) groups excluding carboxylic acids is 1. The van der Waals surface area contributed by atoms with Crippen LogP contribution >= 0.6 is 11.3 Å². The maximum Gasteiger partial charge on any atom is 0.451 e. The summed E-state index contributed by atoms with van der Waals surface area (Å²) < 4.78 is 46.0. The van der Waals surface area contributed by atoms with Crippen LogP contribution in [0, 0.1) is 6.92 Å². The number of alkyl halides is 3. The molecule has 3 aromatic heterocycles. The van der Waals surface area contributed by atoms with Crippen molar-refractivity contribution in [1.29, 1.82) is 0 Å². The molecular weight excluding hydrogens is 493 g/mol. The Hall–Kier alpha value is -3.38. The molecule has 1 N–H and O–H groups in total. The Balaban J connectivity index is 1.46. The Bertz CT molecular complexity index is 1390. The largest absolute Gasteiger partial charge is 0.451 e. The number of aryl methyl sites for hydroxylation is 1. The molecule has 0 bridgehead atoms. The van der Waals surface area contributed by atoms with Crippen LogP contribution in [0.25, 0.3) is 21.5 Å². The first-order valence-electron chi connectivity index (χ1n) is 11.4. The Labute approximate surface area is 208 Å². The third kappa shape index (κ3) is 4.96. The molecule has 0 aliphatic carbocycles. The van der Waals surface area contributed by atoms with Crippen molar-refractivity contribution in [3.8, 4) is 10.6 Å². The average molecular weight is 517 g/mol. The third-order valence-corrected chi connectivity index (χ3v) is 7.00. The first-order valence-corrected chi connectivity index (χ1v) is 12.2. The van der Waals surface area contributed by atoms with Gasteiger partial charge in [-0.3, -0.25) is 9.48 Å². The summed E-state index contributed by atoms with van der Waals surface area (Å²) in [7, 11) is 0. The van der Waals surface area contributed by atoms with E-state index in [0.717, 1.165) is 58.2 Å². The predicted molar refractivity (Wildman–Crippen MR) is 127 cm³/mol. The first kappa shape index (κ1) is 24.3. The molecule has 1 fully saturated rings. The summed E-state index contributed by atoms with van der Waals surface area (Å²) in [4.78, 5) is 25.6. The molecule has 5 rings (SSSR count). The summed E-state index contributed by atoms with van der Waals surface area (Å²) in [6.07, 6.45) is 3.10. The van der Waals surface area contributed by atoms with Gasteiger partial charge in [-0.15, -0.1) is 11.3 Å². The van der Waals surface area contributed by atoms with Crippen LogP contribution in [0.5, 0.6) is 0 Å². The van der Waals surface area contributed by atoms with Crippen molar-refractivity contribution in [2.45, 2.75) is 51.6 Å². The van der Waals surface area contributed by atoms with Gasteiger partial charge in [-0.05, 0) is 38.8 Å². The van der Waals surface area contributed by atoms with Gasteiger partial charge in [0.15, 0.2) is 0 Å². The monoisotopic (exact) mass is 516 g/mol. The van der Waals surface area contributed by atoms with Gasteiger partial charge in [-0.1, -0.05) is 0 Å². The van der Waals surface area contributed by atoms with Crippen molar-refractivity contribution in [3.63, 3.8) is 0 Å². The van der Waals surface area contributed by atoms with E-state index >= 15 is 0 Å². The number of hydrogen-bond donors (Lipinski definition) is 1. The van der Waals surface area contributed by atoms with Gasteiger partial charge in [0.2, 0.25) is 5.82 Å². The second kappa shape index (κ2) is 9.58. The maximum atomic E-state index is 13.3. The average Bonchev–Trinajstić information content (AvgIpc) is 3.60. The highest BCUT2D eigenvalue weighted by Gasteiger charge is 2.34. The molecule has 1 aliphatic rings. The molecule has 4 heterocycles. The van der Waals surface area contributed by atoms with Crippen molar-refractivity contribution < 1.29 is 22.7 Å². The molecule has 1 saturated heterocycles. The summed E-state index contributed by atoms with van der Waals surface area (Å²) in [5.74, 6) is -1.61. The summed E-state index contributed by atoms with van der Waals surface area (Å²) in [5, 5.41) is 9.04. The fourth-order valence-corrected chi connectivity index (χ4v) is 4.96. The van der Waals surface area contributed by atoms with Gasteiger partial charge < -0.3 is 10.1 Å². The van der Waals surface area contributed by atoms with E-state index in [-0.39, 0.29) is 12.0 Å². The van der Waals surface area contributed by atoms with Gasteiger partial charge >= 0.3 is 6.18 Å². The Morgan fingerprint density at radius 1 is 1.22 bits per heavy atom. The number of hydrogen-bond acceptors (Lipinski definition) is 7. The SMILES string of the molecule is Cc1cnc(-c2cc(C(=O)N[C@H](C)c3cnc(C(F)(F)F)nc3)cc3c2cnn3CC2CCCO2)s1. The molecule has 188 valence electrons. The number of halogens is 3. The zero-order chi connectivity index (χ0) is 25.4. The topological polar surface area (TPSA) is 94.8 Å². The molecule has 0 spiro atoms. The number of nitrogens with zero attached hydrogens (tertiary/aromatic N) is 5. The fourth-order valence-electron chi connectivity index (χ4n) is 4.16. The molecule has 1 unspecified atom stereocenters. The van der Waals surface area contributed by atoms with Gasteiger partial charge in [-0.25, -0.2) is 15.0 Å². The first-order chi connectivity index (χ1) is 17.2. The molecule has 12 heteroatoms. The van der Waals surface area contributed by atoms with Crippen LogP contribution in [0.15, 0.2) is 36.9 Å². The molecule has 1 aromatic carbocycles. The number of benzene rings is 1. The van der Waals surface area contributed by atoms with E-state index in [4.69, 9.17) is 4.74 Å². The minimum absolute atomic E-state index is 0.0656. The van der Waals surface area contributed by atoms with Crippen LogP contribution in [-0.4, -0.2) is 43.4 Å². The number of ether oxygens (including phenoxy) is 1. The minimum atomic E-state index is -4.63. The van der Waals surface area contributed by atoms with Crippen molar-refractivity contribution in [1.82, 2.24) is 30.0 Å². The third-order valence-electron chi connectivity index (χ3n) is 6.05. The van der Waals surface area contributed by atoms with E-state index in [2.05, 4.69) is 25.4 Å². The van der Waals surface area contributed by atoms with Gasteiger partial charge in [0, 0.05) is 52.2 Å². The zero-order valence-corrected chi connectivity index (χ0v) is 20.4. The van der Waals surface area contributed by atoms with E-state index < -0.39 is 18.0 Å². The molecule has 1 aliphatic heterocycles. The Morgan fingerprint density at radius 2 is 2.00 bits per heavy atom. The molecule has 36 heavy (non-hydrogen) atoms. The number of carbonyl (C=O) groups is 1. The standard InChI is InChI=1S/C24H23F3N6O2S/c1-13-8-28-22(36-13)18-6-15(7-20-19(18)11-31-33(20)12-17-4-3-5-35-17)21(34)32-14(2)16-9-29-23(30-10-16)24(25,26)27/h6-11,14,17H,3-5,12H2,1-2H3,(H,32,34)/t14-,17?/m1/s1. The number of aromatic nitrogens is 5. The summed E-state index contributed by atoms with van der Waals surface area (Å²) in [6, 6.07) is 2.93. The fraction of sp³-hybridized carbons (Fsp3) is 0.375. The van der Waals surface area contributed by atoms with Crippen molar-refractivity contribution in [3.05, 3.63) is 58.7 Å². The van der Waals surface area contributed by atoms with Crippen LogP contribution in [0.4, 0.5) is 13.2 Å². The van der Waals surface area contributed by atoms with Crippen LogP contribution in [0.2, 0.25) is 0 Å². The van der Waals surface area contributed by atoms with Crippen LogP contribution in [0.3, 0.4) is 0 Å². The predicted octanol–water partition coefficient (Wildman–Crippen LogP) is 4.95. The van der Waals surface area contributed by atoms with Crippen LogP contribution in [0.1, 0.15) is 52.4 Å². The van der Waals surface area contributed by atoms with Crippen molar-refractivity contribution >= 4 is 28.1 Å². The number of nitrogens with one attached hydrogen (secondary N) is 1. The smallest absolute Gasteiger partial charge is 0.376 e. The highest BCUT2D eigenvalue weighted by atomic mass is 32.1. The number of rotatable bonds is 6. The van der Waals surface area contributed by atoms with E-state index in [0.29, 0.717) is 17.7 Å². The summed E-state index contributed by atoms with van der Waals surface area (Å²) >= 11 is 1.52. The normalized spacial score (nSPS) is 17.0. The number of amides is 1. The zero-order valence-electron chi connectivity index (χ0n) is 19.5. The van der Waals surface area contributed by atoms with Gasteiger partial charge in [0.25, 0.3) is 5.91 Å². The van der Waals surface area contributed by atoms with E-state index in [1.165, 1.54) is 11.3 Å². The Kier molecular flexibility index (Phi) is 6.47. The van der Waals surface area contributed by atoms with Crippen molar-refractivity contribution in [2.75, 3.05) is 6.61 Å². The second-order valence-electron chi connectivity index (χ2n) is 8.73. The highest BCUT2D eigenvalue weighted by Crippen LogP contribution is 2.33. The molecule has 8 nitrogen and oxygen atoms in total. The molecule has 4 aromatic rings. The lowest BCUT2D eigenvalue weighted by Crippen LogP contribution is -2.27. The van der Waals surface area contributed by atoms with Crippen molar-refractivity contribution in [2.24, 2.45) is 0 Å². The Morgan fingerprint density at radius 3 is 2.64 bits per heavy atom. The maximum absolute atomic E-state index is 13.3. The quantitative estimate of drug-likeness (QED) is 0.390. The van der Waals surface area contributed by atoms with Gasteiger partial charge in [-0.2, -0.15) is 18.3 Å². The van der Waals surface area contributed by atoms with Gasteiger partial charge in [0.05, 0.1) is 30.4 Å².